The second kappa shape index (κ2) is 11.1. The van der Waals surface area contributed by atoms with Gasteiger partial charge in [0.1, 0.15) is 0 Å². The van der Waals surface area contributed by atoms with E-state index in [4.69, 9.17) is 0 Å². The Labute approximate surface area is 168 Å². The summed E-state index contributed by atoms with van der Waals surface area (Å²) in [6.45, 7) is 3.43. The zero-order valence-electron chi connectivity index (χ0n) is 15.7. The predicted molar refractivity (Wildman–Crippen MR) is 107 cm³/mol. The number of hydrogen-bond donors (Lipinski definition) is 5. The van der Waals surface area contributed by atoms with Crippen LogP contribution in [0.2, 0.25) is 0 Å². The van der Waals surface area contributed by atoms with E-state index >= 15 is 0 Å². The fourth-order valence-corrected chi connectivity index (χ4v) is 3.66. The molecule has 1 aliphatic rings. The average molecular weight is 443 g/mol. The number of amidine groups is 1. The van der Waals surface area contributed by atoms with Crippen LogP contribution in [0.3, 0.4) is 0 Å². The summed E-state index contributed by atoms with van der Waals surface area (Å²) in [5.74, 6) is 0. The Morgan fingerprint density at radius 2 is 1.85 bits per heavy atom. The molecule has 5 N–H and O–H groups in total. The summed E-state index contributed by atoms with van der Waals surface area (Å²) in [6.07, 6.45) is -0.576. The quantitative estimate of drug-likeness (QED) is 0.166. The molecule has 1 fully saturated rings. The molecule has 0 spiro atoms. The Hall–Kier alpha value is -0.991. The van der Waals surface area contributed by atoms with Crippen LogP contribution in [0.15, 0.2) is 29.3 Å². The first-order valence-electron chi connectivity index (χ1n) is 9.36. The maximum atomic E-state index is 9.98. The number of aryl methyl sites for hydroxylation is 1. The van der Waals surface area contributed by atoms with Crippen molar-refractivity contribution in [2.24, 2.45) is 4.99 Å². The van der Waals surface area contributed by atoms with Crippen LogP contribution >= 0.6 is 0 Å². The van der Waals surface area contributed by atoms with E-state index in [0.717, 1.165) is 29.7 Å². The third-order valence-electron chi connectivity index (χ3n) is 4.88. The van der Waals surface area contributed by atoms with E-state index in [1.54, 1.807) is 0 Å². The molecule has 151 valence electrons. The first kappa shape index (κ1) is 22.3. The molecule has 4 atom stereocenters. The monoisotopic (exact) mass is 444 g/mol. The van der Waals surface area contributed by atoms with E-state index in [1.807, 2.05) is 36.1 Å². The van der Waals surface area contributed by atoms with Crippen molar-refractivity contribution in [3.63, 3.8) is 0 Å². The number of anilines is 1. The molecular formula is C19H30N3O4Se. The van der Waals surface area contributed by atoms with Crippen LogP contribution in [0.5, 0.6) is 0 Å². The molecule has 2 rings (SSSR count). The molecule has 0 aliphatic carbocycles. The number of hydrogen-bond acceptors (Lipinski definition) is 6. The van der Waals surface area contributed by atoms with Gasteiger partial charge in [-0.15, -0.1) is 0 Å². The molecule has 8 heteroatoms. The van der Waals surface area contributed by atoms with Crippen LogP contribution in [-0.2, 0) is 0 Å². The molecule has 1 heterocycles. The fraction of sp³-hybridized carbons (Fsp3) is 0.632. The van der Waals surface area contributed by atoms with E-state index in [1.165, 1.54) is 5.56 Å². The number of nitrogens with one attached hydrogen (secondary N) is 1. The first-order chi connectivity index (χ1) is 12.9. The van der Waals surface area contributed by atoms with Crippen LogP contribution in [0.1, 0.15) is 24.8 Å². The standard InChI is InChI=1S/C19H30N3O4Se/c1-13-5-7-14(8-6-13)21-19(27)20-9-3-2-4-10-22-11-16(24)18(26)17(25)15(22)12-23/h5-8,15-18,23-26H,2-4,9-12H2,1H3,(H,20,21)/t15-,16+,17-,18-/m1/s1. The van der Waals surface area contributed by atoms with Crippen molar-refractivity contribution < 1.29 is 20.4 Å². The molecule has 1 aromatic rings. The molecule has 0 amide bonds. The summed E-state index contributed by atoms with van der Waals surface area (Å²) in [4.78, 5) is 6.33. The summed E-state index contributed by atoms with van der Waals surface area (Å²) in [5.41, 5.74) is 2.21. The molecule has 0 aromatic heterocycles. The van der Waals surface area contributed by atoms with Gasteiger partial charge in [-0.1, -0.05) is 0 Å². The van der Waals surface area contributed by atoms with E-state index in [0.29, 0.717) is 13.1 Å². The topological polar surface area (TPSA) is 109 Å². The summed E-state index contributed by atoms with van der Waals surface area (Å²) in [6, 6.07) is 7.58. The van der Waals surface area contributed by atoms with E-state index in [2.05, 4.69) is 26.3 Å². The van der Waals surface area contributed by atoms with Crippen molar-refractivity contribution in [3.8, 4) is 0 Å². The van der Waals surface area contributed by atoms with Crippen LogP contribution in [0.25, 0.3) is 0 Å². The summed E-state index contributed by atoms with van der Waals surface area (Å²) < 4.78 is 0.760. The van der Waals surface area contributed by atoms with E-state index in [9.17, 15) is 20.4 Å². The fourth-order valence-electron chi connectivity index (χ4n) is 3.22. The number of unbranched alkanes of at least 4 members (excludes halogenated alkanes) is 2. The Morgan fingerprint density at radius 1 is 1.15 bits per heavy atom. The summed E-state index contributed by atoms with van der Waals surface area (Å²) in [7, 11) is 0. The molecule has 7 nitrogen and oxygen atoms in total. The molecule has 0 unspecified atom stereocenters. The van der Waals surface area contributed by atoms with Crippen molar-refractivity contribution in [1.29, 1.82) is 0 Å². The van der Waals surface area contributed by atoms with Gasteiger partial charge < -0.3 is 0 Å². The molecular weight excluding hydrogens is 413 g/mol. The van der Waals surface area contributed by atoms with Crippen LogP contribution in [-0.4, -0.2) is 96.7 Å². The van der Waals surface area contributed by atoms with Gasteiger partial charge in [0.05, 0.1) is 0 Å². The van der Waals surface area contributed by atoms with Gasteiger partial charge in [0, 0.05) is 0 Å². The SMILES string of the molecule is Cc1ccc(NC([Se])=NCCCCCN2C[C@H](O)[C@@H](O)[C@H](O)[C@H]2CO)cc1. The minimum absolute atomic E-state index is 0.241. The van der Waals surface area contributed by atoms with Gasteiger partial charge in [0.15, 0.2) is 0 Å². The predicted octanol–water partition coefficient (Wildman–Crippen LogP) is -0.139. The molecule has 1 radical (unpaired) electrons. The first-order valence-corrected chi connectivity index (χ1v) is 10.2. The molecule has 1 saturated heterocycles. The second-order valence-corrected chi connectivity index (χ2v) is 7.84. The third-order valence-corrected chi connectivity index (χ3v) is 5.36. The summed E-state index contributed by atoms with van der Waals surface area (Å²) in [5, 5.41) is 42.2. The minimum atomic E-state index is -1.20. The van der Waals surface area contributed by atoms with Gasteiger partial charge in [-0.3, -0.25) is 0 Å². The average Bonchev–Trinajstić information content (AvgIpc) is 2.64. The van der Waals surface area contributed by atoms with Gasteiger partial charge in [-0.25, -0.2) is 0 Å². The Bertz CT molecular complexity index is 599. The van der Waals surface area contributed by atoms with E-state index < -0.39 is 24.4 Å². The molecule has 1 aliphatic heterocycles. The van der Waals surface area contributed by atoms with Gasteiger partial charge in [0.25, 0.3) is 0 Å². The van der Waals surface area contributed by atoms with E-state index in [-0.39, 0.29) is 13.2 Å². The Kier molecular flexibility index (Phi) is 9.18. The maximum absolute atomic E-state index is 9.98. The van der Waals surface area contributed by atoms with Gasteiger partial charge in [-0.2, -0.15) is 0 Å². The van der Waals surface area contributed by atoms with Crippen molar-refractivity contribution in [2.45, 2.75) is 50.5 Å². The number of likely N-dealkylation sites (tertiary alicyclic amines) is 1. The third kappa shape index (κ3) is 6.84. The number of nitrogens with zero attached hydrogens (tertiary/aromatic N) is 2. The Balaban J connectivity index is 1.66. The van der Waals surface area contributed by atoms with Crippen LogP contribution in [0, 0.1) is 6.92 Å². The van der Waals surface area contributed by atoms with Crippen molar-refractivity contribution in [2.75, 3.05) is 31.6 Å². The zero-order chi connectivity index (χ0) is 19.8. The van der Waals surface area contributed by atoms with Crippen LogP contribution in [0.4, 0.5) is 5.69 Å². The number of β-amino-alcohol motifs (C(OH)–C–C–N with tert-alkyl or cyclic N) is 1. The molecule has 0 bridgehead atoms. The number of rotatable bonds is 8. The molecule has 27 heavy (non-hydrogen) atoms. The number of benzene rings is 1. The van der Waals surface area contributed by atoms with Crippen molar-refractivity contribution in [3.05, 3.63) is 29.8 Å². The zero-order valence-corrected chi connectivity index (χ0v) is 17.4. The van der Waals surface area contributed by atoms with Gasteiger partial charge in [-0.05, 0) is 0 Å². The van der Waals surface area contributed by atoms with Crippen molar-refractivity contribution in [1.82, 2.24) is 4.90 Å². The van der Waals surface area contributed by atoms with Crippen molar-refractivity contribution >= 4 is 26.4 Å². The summed E-state index contributed by atoms with van der Waals surface area (Å²) >= 11 is 2.93. The molecule has 0 saturated carbocycles. The van der Waals surface area contributed by atoms with Gasteiger partial charge >= 0.3 is 169 Å². The number of aliphatic hydroxyl groups is 4. The number of aliphatic hydroxyl groups excluding tert-OH is 4. The number of piperidine rings is 1. The van der Waals surface area contributed by atoms with Crippen LogP contribution < -0.4 is 5.32 Å². The normalized spacial score (nSPS) is 26.9. The number of aliphatic imine (C=N–C) groups is 1. The molecule has 1 aromatic carbocycles. The van der Waals surface area contributed by atoms with Gasteiger partial charge in [0.2, 0.25) is 0 Å². The second-order valence-electron chi connectivity index (χ2n) is 7.03. The Morgan fingerprint density at radius 3 is 2.52 bits per heavy atom.